The molecule has 0 unspecified atom stereocenters. The van der Waals surface area contributed by atoms with Gasteiger partial charge in [-0.15, -0.1) is 0 Å². The summed E-state index contributed by atoms with van der Waals surface area (Å²) in [6, 6.07) is 7.17. The van der Waals surface area contributed by atoms with Gasteiger partial charge in [0.25, 0.3) is 5.91 Å². The van der Waals surface area contributed by atoms with Crippen LogP contribution in [0, 0.1) is 0 Å². The summed E-state index contributed by atoms with van der Waals surface area (Å²) < 4.78 is 6.42. The van der Waals surface area contributed by atoms with Gasteiger partial charge in [-0.25, -0.2) is 9.78 Å². The number of para-hydroxylation sites is 1. The molecule has 19 heavy (non-hydrogen) atoms. The number of carbonyl (C=O) groups is 2. The van der Waals surface area contributed by atoms with Gasteiger partial charge in [0, 0.05) is 0 Å². The molecule has 6 nitrogen and oxygen atoms in total. The Kier molecular flexibility index (Phi) is 2.56. The van der Waals surface area contributed by atoms with Gasteiger partial charge >= 0.3 is 5.97 Å². The average molecular weight is 257 g/mol. The zero-order valence-corrected chi connectivity index (χ0v) is 10.2. The van der Waals surface area contributed by atoms with E-state index in [-0.39, 0.29) is 18.1 Å². The average Bonchev–Trinajstić information content (AvgIpc) is 2.81. The molecule has 0 spiro atoms. The van der Waals surface area contributed by atoms with Gasteiger partial charge in [-0.1, -0.05) is 12.1 Å². The van der Waals surface area contributed by atoms with Crippen LogP contribution in [0.4, 0.5) is 0 Å². The van der Waals surface area contributed by atoms with E-state index >= 15 is 0 Å². The van der Waals surface area contributed by atoms with E-state index in [2.05, 4.69) is 15.0 Å². The minimum atomic E-state index is -0.512. The lowest BCUT2D eigenvalue weighted by Gasteiger charge is -2.06. The maximum atomic E-state index is 12.0. The van der Waals surface area contributed by atoms with Crippen molar-refractivity contribution < 1.29 is 14.3 Å². The van der Waals surface area contributed by atoms with E-state index in [4.69, 9.17) is 0 Å². The van der Waals surface area contributed by atoms with Gasteiger partial charge < -0.3 is 10.1 Å². The second kappa shape index (κ2) is 4.24. The second-order valence-corrected chi connectivity index (χ2v) is 4.10. The first-order valence-electron chi connectivity index (χ1n) is 5.74. The number of benzene rings is 1. The Morgan fingerprint density at radius 2 is 2.21 bits per heavy atom. The number of aromatic nitrogens is 2. The predicted octanol–water partition coefficient (Wildman–Crippen LogP) is 0.902. The summed E-state index contributed by atoms with van der Waals surface area (Å²) in [7, 11) is 1.30. The Labute approximate surface area is 109 Å². The van der Waals surface area contributed by atoms with Crippen LogP contribution in [0.1, 0.15) is 26.5 Å². The van der Waals surface area contributed by atoms with Crippen molar-refractivity contribution in [2.45, 2.75) is 6.54 Å². The lowest BCUT2D eigenvalue weighted by Crippen LogP contribution is -2.22. The summed E-state index contributed by atoms with van der Waals surface area (Å²) in [6.45, 7) is 0.234. The molecule has 0 radical (unpaired) electrons. The molecule has 2 heterocycles. The molecule has 2 aromatic rings. The molecular formula is C13H11N3O3. The predicted molar refractivity (Wildman–Crippen MR) is 66.1 cm³/mol. The summed E-state index contributed by atoms with van der Waals surface area (Å²) in [5, 5.41) is 2.75. The van der Waals surface area contributed by atoms with Crippen LogP contribution >= 0.6 is 0 Å². The quantitative estimate of drug-likeness (QED) is 0.770. The molecule has 96 valence electrons. The number of imidazole rings is 1. The highest BCUT2D eigenvalue weighted by atomic mass is 16.5. The Bertz CT molecular complexity index is 676. The molecule has 0 saturated heterocycles. The van der Waals surface area contributed by atoms with E-state index in [9.17, 15) is 9.59 Å². The molecule has 1 aliphatic heterocycles. The van der Waals surface area contributed by atoms with E-state index in [1.807, 2.05) is 12.1 Å². The number of hydrogen-bond donors (Lipinski definition) is 1. The third-order valence-electron chi connectivity index (χ3n) is 3.07. The minimum Gasteiger partial charge on any atom is -0.464 e. The number of ether oxygens (including phenoxy) is 1. The van der Waals surface area contributed by atoms with Gasteiger partial charge in [-0.05, 0) is 12.1 Å². The zero-order chi connectivity index (χ0) is 13.4. The molecule has 1 N–H and O–H groups in total. The first-order chi connectivity index (χ1) is 9.22. The van der Waals surface area contributed by atoms with Crippen molar-refractivity contribution in [3.8, 4) is 5.69 Å². The number of methoxy groups -OCH3 is 1. The number of hydrogen-bond acceptors (Lipinski definition) is 4. The van der Waals surface area contributed by atoms with Gasteiger partial charge in [0.15, 0.2) is 5.69 Å². The van der Waals surface area contributed by atoms with Crippen LogP contribution in [-0.2, 0) is 11.3 Å². The Balaban J connectivity index is 2.22. The fourth-order valence-electron chi connectivity index (χ4n) is 2.15. The normalized spacial score (nSPS) is 13.0. The highest BCUT2D eigenvalue weighted by Gasteiger charge is 2.25. The van der Waals surface area contributed by atoms with Gasteiger partial charge in [0.05, 0.1) is 30.6 Å². The van der Waals surface area contributed by atoms with Crippen molar-refractivity contribution in [3.63, 3.8) is 0 Å². The highest BCUT2D eigenvalue weighted by molar-refractivity contribution is 5.99. The van der Waals surface area contributed by atoms with Gasteiger partial charge in [0.1, 0.15) is 6.33 Å². The number of nitrogens with one attached hydrogen (secondary N) is 1. The van der Waals surface area contributed by atoms with E-state index in [0.717, 1.165) is 0 Å². The van der Waals surface area contributed by atoms with Gasteiger partial charge in [-0.2, -0.15) is 0 Å². The maximum absolute atomic E-state index is 12.0. The zero-order valence-electron chi connectivity index (χ0n) is 10.2. The fraction of sp³-hybridized carbons (Fsp3) is 0.154. The van der Waals surface area contributed by atoms with Crippen LogP contribution in [0.25, 0.3) is 5.69 Å². The van der Waals surface area contributed by atoms with Crippen molar-refractivity contribution >= 4 is 11.9 Å². The lowest BCUT2D eigenvalue weighted by atomic mass is 10.1. The summed E-state index contributed by atoms with van der Waals surface area (Å²) in [6.07, 6.45) is 1.53. The van der Waals surface area contributed by atoms with Crippen molar-refractivity contribution in [2.75, 3.05) is 7.11 Å². The van der Waals surface area contributed by atoms with Crippen LogP contribution in [0.2, 0.25) is 0 Å². The van der Waals surface area contributed by atoms with Crippen molar-refractivity contribution in [3.05, 3.63) is 47.5 Å². The summed E-state index contributed by atoms with van der Waals surface area (Å²) in [5.41, 5.74) is 2.09. The number of fused-ring (bicyclic) bond motifs is 3. The fourth-order valence-corrected chi connectivity index (χ4v) is 2.15. The largest absolute Gasteiger partial charge is 0.464 e. The molecule has 0 bridgehead atoms. The van der Waals surface area contributed by atoms with Crippen LogP contribution < -0.4 is 5.32 Å². The van der Waals surface area contributed by atoms with Crippen LogP contribution in [0.15, 0.2) is 30.6 Å². The molecule has 3 rings (SSSR count). The topological polar surface area (TPSA) is 73.2 Å². The third kappa shape index (κ3) is 1.69. The number of carbonyl (C=O) groups excluding carboxylic acids is 2. The third-order valence-corrected chi connectivity index (χ3v) is 3.07. The Morgan fingerprint density at radius 3 is 3.00 bits per heavy atom. The summed E-state index contributed by atoms with van der Waals surface area (Å²) >= 11 is 0. The van der Waals surface area contributed by atoms with E-state index in [1.165, 1.54) is 13.4 Å². The molecule has 0 atom stereocenters. The van der Waals surface area contributed by atoms with Crippen molar-refractivity contribution in [1.82, 2.24) is 14.9 Å². The van der Waals surface area contributed by atoms with Crippen molar-refractivity contribution in [2.24, 2.45) is 0 Å². The highest BCUT2D eigenvalue weighted by Crippen LogP contribution is 2.22. The standard InChI is InChI=1S/C13H11N3O3/c1-19-13(18)11-10-6-14-12(17)8-4-2-3-5-9(8)16(10)7-15-11/h2-5,7H,6H2,1H3,(H,14,17). The molecule has 1 aromatic heterocycles. The first-order valence-corrected chi connectivity index (χ1v) is 5.74. The first kappa shape index (κ1) is 11.5. The van der Waals surface area contributed by atoms with Crippen LogP contribution in [-0.4, -0.2) is 28.5 Å². The van der Waals surface area contributed by atoms with Gasteiger partial charge in [-0.3, -0.25) is 9.36 Å². The number of esters is 1. The molecule has 1 aromatic carbocycles. The second-order valence-electron chi connectivity index (χ2n) is 4.10. The smallest absolute Gasteiger partial charge is 0.358 e. The molecular weight excluding hydrogens is 246 g/mol. The monoisotopic (exact) mass is 257 g/mol. The number of rotatable bonds is 1. The van der Waals surface area contributed by atoms with E-state index < -0.39 is 5.97 Å². The van der Waals surface area contributed by atoms with Crippen LogP contribution in [0.5, 0.6) is 0 Å². The van der Waals surface area contributed by atoms with Crippen molar-refractivity contribution in [1.29, 1.82) is 0 Å². The number of amides is 1. The molecule has 0 aliphatic carbocycles. The minimum absolute atomic E-state index is 0.171. The Hall–Kier alpha value is -2.63. The van der Waals surface area contributed by atoms with E-state index in [0.29, 0.717) is 16.9 Å². The summed E-state index contributed by atoms with van der Waals surface area (Å²) in [4.78, 5) is 27.7. The van der Waals surface area contributed by atoms with E-state index in [1.54, 1.807) is 16.7 Å². The summed E-state index contributed by atoms with van der Waals surface area (Å²) in [5.74, 6) is -0.683. The number of nitrogens with zero attached hydrogens (tertiary/aromatic N) is 2. The molecule has 0 saturated carbocycles. The molecule has 0 fully saturated rings. The SMILES string of the molecule is COC(=O)c1ncn2c1CNC(=O)c1ccccc1-2. The van der Waals surface area contributed by atoms with Gasteiger partial charge in [0.2, 0.25) is 0 Å². The molecule has 6 heteroatoms. The molecule has 1 aliphatic rings. The Morgan fingerprint density at radius 1 is 1.42 bits per heavy atom. The maximum Gasteiger partial charge on any atom is 0.358 e. The van der Waals surface area contributed by atoms with Crippen LogP contribution in [0.3, 0.4) is 0 Å². The lowest BCUT2D eigenvalue weighted by molar-refractivity contribution is 0.0592. The molecule has 1 amide bonds.